The molecule has 0 amide bonds. The van der Waals surface area contributed by atoms with Crippen molar-refractivity contribution >= 4 is 21.6 Å². The fourth-order valence-electron chi connectivity index (χ4n) is 3.00. The highest BCUT2D eigenvalue weighted by atomic mass is 32.2. The van der Waals surface area contributed by atoms with Crippen molar-refractivity contribution in [3.8, 4) is 0 Å². The van der Waals surface area contributed by atoms with E-state index in [9.17, 15) is 18.0 Å². The van der Waals surface area contributed by atoms with Crippen LogP contribution < -0.4 is 0 Å². The van der Waals surface area contributed by atoms with Crippen molar-refractivity contribution in [2.45, 2.75) is 24.2 Å². The van der Waals surface area contributed by atoms with E-state index in [4.69, 9.17) is 4.74 Å². The minimum Gasteiger partial charge on any atom is -0.454 e. The molecule has 0 heterocycles. The Hall–Kier alpha value is -2.47. The summed E-state index contributed by atoms with van der Waals surface area (Å²) >= 11 is 0. The number of ether oxygens (including phenoxy) is 1. The van der Waals surface area contributed by atoms with E-state index < -0.39 is 22.4 Å². The quantitative estimate of drug-likeness (QED) is 0.606. The van der Waals surface area contributed by atoms with Crippen LogP contribution in [-0.2, 0) is 27.4 Å². The molecule has 0 aromatic heterocycles. The maximum atomic E-state index is 12.3. The van der Waals surface area contributed by atoms with E-state index in [1.807, 2.05) is 12.1 Å². The van der Waals surface area contributed by atoms with Crippen molar-refractivity contribution < 1.29 is 22.7 Å². The predicted octanol–water partition coefficient (Wildman–Crippen LogP) is 2.62. The van der Waals surface area contributed by atoms with Gasteiger partial charge in [0.05, 0.1) is 10.5 Å². The van der Waals surface area contributed by atoms with Gasteiger partial charge in [0.25, 0.3) is 0 Å². The van der Waals surface area contributed by atoms with Crippen LogP contribution in [0.3, 0.4) is 0 Å². The number of sulfone groups is 1. The smallest absolute Gasteiger partial charge is 0.339 e. The Morgan fingerprint density at radius 3 is 2.52 bits per heavy atom. The van der Waals surface area contributed by atoms with E-state index in [0.717, 1.165) is 25.5 Å². The van der Waals surface area contributed by atoms with Gasteiger partial charge in [-0.1, -0.05) is 24.3 Å². The van der Waals surface area contributed by atoms with Crippen molar-refractivity contribution in [2.24, 2.45) is 0 Å². The zero-order valence-electron chi connectivity index (χ0n) is 13.8. The van der Waals surface area contributed by atoms with E-state index in [1.54, 1.807) is 12.1 Å². The van der Waals surface area contributed by atoms with Crippen LogP contribution in [0.1, 0.15) is 38.3 Å². The molecular formula is C19H18O5S. The zero-order chi connectivity index (χ0) is 18.0. The lowest BCUT2D eigenvalue weighted by atomic mass is 10.0. The van der Waals surface area contributed by atoms with Gasteiger partial charge in [0.15, 0.2) is 22.2 Å². The molecular weight excluding hydrogens is 340 g/mol. The third kappa shape index (κ3) is 3.79. The lowest BCUT2D eigenvalue weighted by molar-refractivity contribution is 0.0471. The molecule has 0 N–H and O–H groups in total. The van der Waals surface area contributed by atoms with E-state index >= 15 is 0 Å². The third-order valence-electron chi connectivity index (χ3n) is 4.26. The average Bonchev–Trinajstić information content (AvgIpc) is 3.06. The van der Waals surface area contributed by atoms with E-state index in [1.165, 1.54) is 29.3 Å². The number of benzene rings is 2. The normalized spacial score (nSPS) is 13.3. The largest absolute Gasteiger partial charge is 0.454 e. The summed E-state index contributed by atoms with van der Waals surface area (Å²) in [6.07, 6.45) is 4.10. The van der Waals surface area contributed by atoms with Gasteiger partial charge in [-0.15, -0.1) is 0 Å². The maximum absolute atomic E-state index is 12.3. The van der Waals surface area contributed by atoms with Crippen LogP contribution in [0.15, 0.2) is 47.4 Å². The predicted molar refractivity (Wildman–Crippen MR) is 92.6 cm³/mol. The zero-order valence-corrected chi connectivity index (χ0v) is 14.6. The number of aryl methyl sites for hydroxylation is 2. The molecule has 0 aliphatic heterocycles. The molecule has 2 aromatic rings. The molecule has 0 saturated carbocycles. The number of rotatable bonds is 5. The summed E-state index contributed by atoms with van der Waals surface area (Å²) in [6.45, 7) is -0.421. The van der Waals surface area contributed by atoms with Crippen molar-refractivity contribution in [1.82, 2.24) is 0 Å². The van der Waals surface area contributed by atoms with Crippen LogP contribution in [-0.4, -0.2) is 33.0 Å². The molecule has 1 aliphatic rings. The molecule has 130 valence electrons. The molecule has 0 atom stereocenters. The van der Waals surface area contributed by atoms with Gasteiger partial charge in [0.1, 0.15) is 0 Å². The van der Waals surface area contributed by atoms with Crippen molar-refractivity contribution in [3.05, 3.63) is 64.7 Å². The van der Waals surface area contributed by atoms with Gasteiger partial charge < -0.3 is 4.74 Å². The summed E-state index contributed by atoms with van der Waals surface area (Å²) in [4.78, 5) is 24.4. The van der Waals surface area contributed by atoms with Crippen molar-refractivity contribution in [2.75, 3.05) is 12.9 Å². The van der Waals surface area contributed by atoms with Gasteiger partial charge in [-0.2, -0.15) is 0 Å². The van der Waals surface area contributed by atoms with Crippen LogP contribution in [0.2, 0.25) is 0 Å². The summed E-state index contributed by atoms with van der Waals surface area (Å²) < 4.78 is 28.5. The van der Waals surface area contributed by atoms with Crippen molar-refractivity contribution in [3.63, 3.8) is 0 Å². The SMILES string of the molecule is CS(=O)(=O)c1ccccc1C(=O)OCC(=O)c1ccc2c(c1)CCC2. The Balaban J connectivity index is 1.72. The molecule has 0 saturated heterocycles. The number of ketones is 1. The highest BCUT2D eigenvalue weighted by Crippen LogP contribution is 2.23. The number of fused-ring (bicyclic) bond motifs is 1. The highest BCUT2D eigenvalue weighted by Gasteiger charge is 2.21. The molecule has 0 spiro atoms. The van der Waals surface area contributed by atoms with E-state index in [0.29, 0.717) is 5.56 Å². The van der Waals surface area contributed by atoms with Gasteiger partial charge in [-0.3, -0.25) is 4.79 Å². The number of hydrogen-bond acceptors (Lipinski definition) is 5. The summed E-state index contributed by atoms with van der Waals surface area (Å²) in [7, 11) is -3.56. The molecule has 25 heavy (non-hydrogen) atoms. The Kier molecular flexibility index (Phi) is 4.72. The van der Waals surface area contributed by atoms with Gasteiger partial charge >= 0.3 is 5.97 Å². The Morgan fingerprint density at radius 1 is 1.04 bits per heavy atom. The van der Waals surface area contributed by atoms with Crippen LogP contribution in [0, 0.1) is 0 Å². The van der Waals surface area contributed by atoms with Crippen LogP contribution in [0.4, 0.5) is 0 Å². The van der Waals surface area contributed by atoms with E-state index in [-0.39, 0.29) is 16.2 Å². The first-order valence-electron chi connectivity index (χ1n) is 7.97. The molecule has 1 aliphatic carbocycles. The fourth-order valence-corrected chi connectivity index (χ4v) is 3.87. The summed E-state index contributed by atoms with van der Waals surface area (Å²) in [6, 6.07) is 11.3. The molecule has 0 radical (unpaired) electrons. The molecule has 2 aromatic carbocycles. The summed E-state index contributed by atoms with van der Waals surface area (Å²) in [5.74, 6) is -1.13. The molecule has 0 unspecified atom stereocenters. The third-order valence-corrected chi connectivity index (χ3v) is 5.42. The van der Waals surface area contributed by atoms with Gasteiger partial charge in [-0.05, 0) is 48.6 Å². The maximum Gasteiger partial charge on any atom is 0.339 e. The van der Waals surface area contributed by atoms with Gasteiger partial charge in [0, 0.05) is 11.8 Å². The molecule has 5 nitrogen and oxygen atoms in total. The second-order valence-electron chi connectivity index (χ2n) is 6.10. The van der Waals surface area contributed by atoms with Crippen LogP contribution in [0.5, 0.6) is 0 Å². The van der Waals surface area contributed by atoms with Gasteiger partial charge in [0.2, 0.25) is 0 Å². The van der Waals surface area contributed by atoms with Crippen molar-refractivity contribution in [1.29, 1.82) is 0 Å². The Morgan fingerprint density at radius 2 is 1.76 bits per heavy atom. The van der Waals surface area contributed by atoms with Crippen LogP contribution >= 0.6 is 0 Å². The topological polar surface area (TPSA) is 77.5 Å². The fraction of sp³-hybridized carbons (Fsp3) is 0.263. The highest BCUT2D eigenvalue weighted by molar-refractivity contribution is 7.90. The molecule has 0 fully saturated rings. The number of carbonyl (C=O) groups excluding carboxylic acids is 2. The summed E-state index contributed by atoms with van der Waals surface area (Å²) in [5.41, 5.74) is 2.87. The average molecular weight is 358 g/mol. The Bertz CT molecular complexity index is 944. The van der Waals surface area contributed by atoms with E-state index in [2.05, 4.69) is 0 Å². The van der Waals surface area contributed by atoms with Crippen LogP contribution in [0.25, 0.3) is 0 Å². The first-order chi connectivity index (χ1) is 11.9. The standard InChI is InChI=1S/C19H18O5S/c1-25(22,23)18-8-3-2-7-16(18)19(21)24-12-17(20)15-10-9-13-5-4-6-14(13)11-15/h2-3,7-11H,4-6,12H2,1H3. The second-order valence-corrected chi connectivity index (χ2v) is 8.09. The number of esters is 1. The number of carbonyl (C=O) groups is 2. The first kappa shape index (κ1) is 17.4. The lowest BCUT2D eigenvalue weighted by Gasteiger charge is -2.08. The van der Waals surface area contributed by atoms with Gasteiger partial charge in [-0.25, -0.2) is 13.2 Å². The molecule has 6 heteroatoms. The number of hydrogen-bond donors (Lipinski definition) is 0. The second kappa shape index (κ2) is 6.80. The monoisotopic (exact) mass is 358 g/mol. The molecule has 0 bridgehead atoms. The Labute approximate surface area is 146 Å². The minimum atomic E-state index is -3.56. The lowest BCUT2D eigenvalue weighted by Crippen LogP contribution is -2.16. The molecule has 3 rings (SSSR count). The minimum absolute atomic E-state index is 0.0632. The number of Topliss-reactive ketones (excluding diaryl/α,β-unsaturated/α-hetero) is 1. The summed E-state index contributed by atoms with van der Waals surface area (Å²) in [5, 5.41) is 0. The first-order valence-corrected chi connectivity index (χ1v) is 9.86.